The van der Waals surface area contributed by atoms with Gasteiger partial charge in [0.1, 0.15) is 6.54 Å². The fourth-order valence-corrected chi connectivity index (χ4v) is 1.89. The second kappa shape index (κ2) is 6.43. The van der Waals surface area contributed by atoms with Gasteiger partial charge in [0.05, 0.1) is 6.04 Å². The molecule has 1 aromatic rings. The summed E-state index contributed by atoms with van der Waals surface area (Å²) in [6.07, 6.45) is 0. The highest BCUT2D eigenvalue weighted by Crippen LogP contribution is 2.22. The maximum atomic E-state index is 12.0. The molecule has 104 valence electrons. The summed E-state index contributed by atoms with van der Waals surface area (Å²) >= 11 is 5.91. The molecule has 1 rings (SSSR count). The summed E-state index contributed by atoms with van der Waals surface area (Å²) < 4.78 is 0. The number of urea groups is 1. The van der Waals surface area contributed by atoms with Crippen LogP contribution in [0.4, 0.5) is 4.79 Å². The second-order valence-electron chi connectivity index (χ2n) is 4.37. The number of carbonyl (C=O) groups excluding carboxylic acids is 1. The van der Waals surface area contributed by atoms with E-state index in [0.717, 1.165) is 10.5 Å². The molecule has 1 N–H and O–H groups in total. The lowest BCUT2D eigenvalue weighted by molar-refractivity contribution is -0.137. The van der Waals surface area contributed by atoms with Gasteiger partial charge < -0.3 is 14.9 Å². The summed E-state index contributed by atoms with van der Waals surface area (Å²) in [5.74, 6) is -1.04. The molecular weight excluding hydrogens is 268 g/mol. The average molecular weight is 285 g/mol. The number of carboxylic acid groups (broad SMARTS) is 1. The van der Waals surface area contributed by atoms with Crippen LogP contribution in [0.3, 0.4) is 0 Å². The van der Waals surface area contributed by atoms with Gasteiger partial charge in [-0.2, -0.15) is 0 Å². The van der Waals surface area contributed by atoms with Gasteiger partial charge in [-0.25, -0.2) is 4.79 Å². The Balaban J connectivity index is 2.79. The van der Waals surface area contributed by atoms with Crippen LogP contribution >= 0.6 is 11.6 Å². The minimum absolute atomic E-state index is 0.192. The number of hydrogen-bond donors (Lipinski definition) is 1. The van der Waals surface area contributed by atoms with E-state index in [1.54, 1.807) is 19.2 Å². The number of likely N-dealkylation sites (N-methyl/N-ethyl adjacent to an activating group) is 1. The molecule has 2 amide bonds. The lowest BCUT2D eigenvalue weighted by Gasteiger charge is -2.29. The molecule has 6 heteroatoms. The van der Waals surface area contributed by atoms with Crippen LogP contribution in [0, 0.1) is 0 Å². The van der Waals surface area contributed by atoms with Crippen molar-refractivity contribution in [3.63, 3.8) is 0 Å². The molecule has 0 bridgehead atoms. The summed E-state index contributed by atoms with van der Waals surface area (Å²) in [4.78, 5) is 25.3. The standard InChI is InChI=1S/C13H17ClN2O3/c1-9(10-5-4-6-11(14)7-10)16(3)13(19)15(2)8-12(17)18/h4-7,9H,8H2,1-3H3,(H,17,18). The van der Waals surface area contributed by atoms with Crippen molar-refractivity contribution in [3.05, 3.63) is 34.9 Å². The van der Waals surface area contributed by atoms with E-state index in [1.807, 2.05) is 19.1 Å². The first-order chi connectivity index (χ1) is 8.82. The Hall–Kier alpha value is -1.75. The molecule has 0 saturated carbocycles. The number of halogens is 1. The second-order valence-corrected chi connectivity index (χ2v) is 4.81. The van der Waals surface area contributed by atoms with Crippen molar-refractivity contribution in [2.24, 2.45) is 0 Å². The Morgan fingerprint density at radius 2 is 2.00 bits per heavy atom. The minimum Gasteiger partial charge on any atom is -0.480 e. The Labute approximate surface area is 117 Å². The monoisotopic (exact) mass is 284 g/mol. The molecule has 1 aromatic carbocycles. The average Bonchev–Trinajstić information content (AvgIpc) is 2.35. The molecule has 1 unspecified atom stereocenters. The Bertz CT molecular complexity index is 479. The van der Waals surface area contributed by atoms with Crippen molar-refractivity contribution in [1.29, 1.82) is 0 Å². The quantitative estimate of drug-likeness (QED) is 0.924. The van der Waals surface area contributed by atoms with Gasteiger partial charge in [0, 0.05) is 19.1 Å². The predicted octanol–water partition coefficient (Wildman–Crippen LogP) is 2.47. The first-order valence-corrected chi connectivity index (χ1v) is 6.16. The third-order valence-electron chi connectivity index (χ3n) is 2.91. The predicted molar refractivity (Wildman–Crippen MR) is 73.3 cm³/mol. The first-order valence-electron chi connectivity index (χ1n) is 5.78. The third kappa shape index (κ3) is 4.13. The van der Waals surface area contributed by atoms with E-state index in [0.29, 0.717) is 5.02 Å². The third-order valence-corrected chi connectivity index (χ3v) is 3.15. The fraction of sp³-hybridized carbons (Fsp3) is 0.385. The van der Waals surface area contributed by atoms with Gasteiger partial charge in [0.25, 0.3) is 0 Å². The van der Waals surface area contributed by atoms with Crippen LogP contribution in [-0.2, 0) is 4.79 Å². The zero-order valence-electron chi connectivity index (χ0n) is 11.1. The maximum absolute atomic E-state index is 12.0. The summed E-state index contributed by atoms with van der Waals surface area (Å²) in [5, 5.41) is 9.28. The number of aliphatic carboxylic acids is 1. The molecule has 1 atom stereocenters. The number of nitrogens with zero attached hydrogens (tertiary/aromatic N) is 2. The van der Waals surface area contributed by atoms with E-state index in [4.69, 9.17) is 16.7 Å². The number of benzene rings is 1. The normalized spacial score (nSPS) is 11.8. The van der Waals surface area contributed by atoms with Crippen LogP contribution in [0.25, 0.3) is 0 Å². The van der Waals surface area contributed by atoms with Crippen LogP contribution in [0.15, 0.2) is 24.3 Å². The number of hydrogen-bond acceptors (Lipinski definition) is 2. The molecular formula is C13H17ClN2O3. The summed E-state index contributed by atoms with van der Waals surface area (Å²) in [7, 11) is 3.09. The van der Waals surface area contributed by atoms with Crippen molar-refractivity contribution >= 4 is 23.6 Å². The maximum Gasteiger partial charge on any atom is 0.323 e. The largest absolute Gasteiger partial charge is 0.480 e. The van der Waals surface area contributed by atoms with Crippen LogP contribution in [0.1, 0.15) is 18.5 Å². The summed E-state index contributed by atoms with van der Waals surface area (Å²) in [6.45, 7) is 1.53. The van der Waals surface area contributed by atoms with E-state index in [2.05, 4.69) is 0 Å². The zero-order valence-corrected chi connectivity index (χ0v) is 11.9. The highest BCUT2D eigenvalue weighted by molar-refractivity contribution is 6.30. The summed E-state index contributed by atoms with van der Waals surface area (Å²) in [6, 6.07) is 6.69. The number of amides is 2. The minimum atomic E-state index is -1.04. The fourth-order valence-electron chi connectivity index (χ4n) is 1.70. The van der Waals surface area contributed by atoms with Gasteiger partial charge in [0.2, 0.25) is 0 Å². The number of carboxylic acids is 1. The molecule has 0 saturated heterocycles. The molecule has 0 aliphatic carbocycles. The van der Waals surface area contributed by atoms with E-state index in [-0.39, 0.29) is 18.6 Å². The SMILES string of the molecule is CC(c1cccc(Cl)c1)N(C)C(=O)N(C)CC(=O)O. The molecule has 0 fully saturated rings. The van der Waals surface area contributed by atoms with Crippen LogP contribution in [0.5, 0.6) is 0 Å². The van der Waals surface area contributed by atoms with E-state index < -0.39 is 5.97 Å². The van der Waals surface area contributed by atoms with Crippen molar-refractivity contribution in [2.75, 3.05) is 20.6 Å². The van der Waals surface area contributed by atoms with Crippen LogP contribution in [0.2, 0.25) is 5.02 Å². The molecule has 0 aromatic heterocycles. The van der Waals surface area contributed by atoms with Crippen LogP contribution in [-0.4, -0.2) is 47.5 Å². The molecule has 19 heavy (non-hydrogen) atoms. The van der Waals surface area contributed by atoms with Crippen molar-refractivity contribution < 1.29 is 14.7 Å². The van der Waals surface area contributed by atoms with E-state index >= 15 is 0 Å². The van der Waals surface area contributed by atoms with Crippen molar-refractivity contribution in [1.82, 2.24) is 9.80 Å². The van der Waals surface area contributed by atoms with Crippen LogP contribution < -0.4 is 0 Å². The van der Waals surface area contributed by atoms with Crippen molar-refractivity contribution in [3.8, 4) is 0 Å². The number of carbonyl (C=O) groups is 2. The highest BCUT2D eigenvalue weighted by atomic mass is 35.5. The van der Waals surface area contributed by atoms with E-state index in [9.17, 15) is 9.59 Å². The first kappa shape index (κ1) is 15.3. The molecule has 0 aliphatic heterocycles. The lowest BCUT2D eigenvalue weighted by Crippen LogP contribution is -2.42. The van der Waals surface area contributed by atoms with E-state index in [1.165, 1.54) is 11.9 Å². The van der Waals surface area contributed by atoms with Gasteiger partial charge in [-0.1, -0.05) is 23.7 Å². The van der Waals surface area contributed by atoms with Gasteiger partial charge in [-0.15, -0.1) is 0 Å². The van der Waals surface area contributed by atoms with Gasteiger partial charge >= 0.3 is 12.0 Å². The molecule has 0 heterocycles. The van der Waals surface area contributed by atoms with Gasteiger partial charge in [-0.3, -0.25) is 4.79 Å². The highest BCUT2D eigenvalue weighted by Gasteiger charge is 2.21. The molecule has 5 nitrogen and oxygen atoms in total. The molecule has 0 spiro atoms. The Kier molecular flexibility index (Phi) is 5.18. The molecule has 0 aliphatic rings. The molecule has 0 radical (unpaired) electrons. The Morgan fingerprint density at radius 3 is 2.53 bits per heavy atom. The topological polar surface area (TPSA) is 60.9 Å². The van der Waals surface area contributed by atoms with Gasteiger partial charge in [0.15, 0.2) is 0 Å². The van der Waals surface area contributed by atoms with Gasteiger partial charge in [-0.05, 0) is 24.6 Å². The summed E-state index contributed by atoms with van der Waals surface area (Å²) in [5.41, 5.74) is 0.895. The zero-order chi connectivity index (χ0) is 14.6. The lowest BCUT2D eigenvalue weighted by atomic mass is 10.1. The smallest absolute Gasteiger partial charge is 0.323 e. The Morgan fingerprint density at radius 1 is 1.37 bits per heavy atom. The number of rotatable bonds is 4. The van der Waals surface area contributed by atoms with Crippen molar-refractivity contribution in [2.45, 2.75) is 13.0 Å².